The van der Waals surface area contributed by atoms with Gasteiger partial charge in [0.15, 0.2) is 0 Å². The number of nitrogens with one attached hydrogen (secondary N) is 1. The number of nitrogens with zero attached hydrogens (tertiary/aromatic N) is 1. The molecule has 1 unspecified atom stereocenters. The first-order chi connectivity index (χ1) is 9.45. The van der Waals surface area contributed by atoms with Crippen LogP contribution in [0.15, 0.2) is 42.5 Å². The zero-order valence-corrected chi connectivity index (χ0v) is 11.9. The summed E-state index contributed by atoms with van der Waals surface area (Å²) in [6.07, 6.45) is 0. The lowest BCUT2D eigenvalue weighted by Gasteiger charge is -2.17. The van der Waals surface area contributed by atoms with Gasteiger partial charge in [-0.25, -0.2) is 0 Å². The van der Waals surface area contributed by atoms with Gasteiger partial charge in [0, 0.05) is 23.9 Å². The molecule has 2 aromatic carbocycles. The maximum absolute atomic E-state index is 10.6. The summed E-state index contributed by atoms with van der Waals surface area (Å²) in [5, 5.41) is 14.0. The predicted octanol–water partition coefficient (Wildman–Crippen LogP) is 4.38. The summed E-state index contributed by atoms with van der Waals surface area (Å²) >= 11 is 0. The summed E-state index contributed by atoms with van der Waals surface area (Å²) in [4.78, 5) is 10.2. The van der Waals surface area contributed by atoms with Crippen molar-refractivity contribution in [3.05, 3.63) is 69.3 Å². The lowest BCUT2D eigenvalue weighted by molar-refractivity contribution is -0.384. The molecule has 0 aliphatic carbocycles. The van der Waals surface area contributed by atoms with Gasteiger partial charge in [-0.3, -0.25) is 10.1 Å². The summed E-state index contributed by atoms with van der Waals surface area (Å²) in [6.45, 7) is 6.24. The van der Waals surface area contributed by atoms with Crippen molar-refractivity contribution in [3.8, 4) is 0 Å². The van der Waals surface area contributed by atoms with E-state index in [2.05, 4.69) is 44.3 Å². The van der Waals surface area contributed by atoms with E-state index in [0.29, 0.717) is 0 Å². The van der Waals surface area contributed by atoms with E-state index in [0.717, 1.165) is 5.69 Å². The van der Waals surface area contributed by atoms with Crippen LogP contribution in [0.4, 0.5) is 11.4 Å². The van der Waals surface area contributed by atoms with E-state index >= 15 is 0 Å². The number of nitro benzene ring substituents is 1. The van der Waals surface area contributed by atoms with Crippen molar-refractivity contribution in [1.29, 1.82) is 0 Å². The first-order valence-corrected chi connectivity index (χ1v) is 6.55. The van der Waals surface area contributed by atoms with Gasteiger partial charge in [0.2, 0.25) is 0 Å². The van der Waals surface area contributed by atoms with Crippen molar-refractivity contribution in [3.63, 3.8) is 0 Å². The molecule has 4 heteroatoms. The third-order valence-electron chi connectivity index (χ3n) is 3.21. The highest BCUT2D eigenvalue weighted by atomic mass is 16.6. The van der Waals surface area contributed by atoms with Crippen LogP contribution in [0.2, 0.25) is 0 Å². The SMILES string of the molecule is Cc1cc(C)cc(C(C)Nc2ccc([N+](=O)[O-])cc2)c1. The van der Waals surface area contributed by atoms with Gasteiger partial charge in [0.1, 0.15) is 0 Å². The third-order valence-corrected chi connectivity index (χ3v) is 3.21. The summed E-state index contributed by atoms with van der Waals surface area (Å²) in [7, 11) is 0. The monoisotopic (exact) mass is 270 g/mol. The van der Waals surface area contributed by atoms with Crippen LogP contribution in [0.25, 0.3) is 0 Å². The highest BCUT2D eigenvalue weighted by molar-refractivity contribution is 5.50. The topological polar surface area (TPSA) is 55.2 Å². The molecule has 0 radical (unpaired) electrons. The second-order valence-electron chi connectivity index (χ2n) is 5.09. The molecule has 0 aromatic heterocycles. The van der Waals surface area contributed by atoms with Gasteiger partial charge in [-0.05, 0) is 38.5 Å². The maximum atomic E-state index is 10.6. The van der Waals surface area contributed by atoms with Crippen LogP contribution < -0.4 is 5.32 Å². The van der Waals surface area contributed by atoms with Gasteiger partial charge >= 0.3 is 0 Å². The third kappa shape index (κ3) is 3.35. The Balaban J connectivity index is 2.14. The van der Waals surface area contributed by atoms with Crippen molar-refractivity contribution < 1.29 is 4.92 Å². The Bertz CT molecular complexity index is 601. The molecule has 0 spiro atoms. The fraction of sp³-hybridized carbons (Fsp3) is 0.250. The molecule has 2 aromatic rings. The van der Waals surface area contributed by atoms with E-state index < -0.39 is 4.92 Å². The van der Waals surface area contributed by atoms with Crippen molar-refractivity contribution in [2.45, 2.75) is 26.8 Å². The Morgan fingerprint density at radius 1 is 1.05 bits per heavy atom. The van der Waals surface area contributed by atoms with Crippen molar-refractivity contribution in [2.75, 3.05) is 5.32 Å². The van der Waals surface area contributed by atoms with Crippen molar-refractivity contribution >= 4 is 11.4 Å². The molecule has 20 heavy (non-hydrogen) atoms. The highest BCUT2D eigenvalue weighted by Gasteiger charge is 2.08. The minimum absolute atomic E-state index is 0.106. The molecule has 0 amide bonds. The molecule has 0 saturated heterocycles. The summed E-state index contributed by atoms with van der Waals surface area (Å²) in [6, 6.07) is 13.1. The van der Waals surface area contributed by atoms with Crippen molar-refractivity contribution in [2.24, 2.45) is 0 Å². The molecule has 2 rings (SSSR count). The number of aryl methyl sites for hydroxylation is 2. The molecule has 104 valence electrons. The standard InChI is InChI=1S/C16H18N2O2/c1-11-8-12(2)10-14(9-11)13(3)17-15-4-6-16(7-5-15)18(19)20/h4-10,13,17H,1-3H3. The van der Waals surface area contributed by atoms with Gasteiger partial charge < -0.3 is 5.32 Å². The van der Waals surface area contributed by atoms with Gasteiger partial charge in [-0.2, -0.15) is 0 Å². The second kappa shape index (κ2) is 5.74. The number of non-ortho nitro benzene ring substituents is 1. The fourth-order valence-electron chi connectivity index (χ4n) is 2.27. The molecule has 0 aliphatic rings. The summed E-state index contributed by atoms with van der Waals surface area (Å²) in [5.74, 6) is 0. The molecule has 0 heterocycles. The number of benzene rings is 2. The van der Waals surface area contributed by atoms with E-state index in [1.54, 1.807) is 12.1 Å². The number of rotatable bonds is 4. The zero-order chi connectivity index (χ0) is 14.7. The number of nitro groups is 1. The van der Waals surface area contributed by atoms with E-state index in [1.165, 1.54) is 28.8 Å². The molecular formula is C16H18N2O2. The Kier molecular flexibility index (Phi) is 4.03. The van der Waals surface area contributed by atoms with Crippen LogP contribution in [0.3, 0.4) is 0 Å². The predicted molar refractivity (Wildman–Crippen MR) is 81.1 cm³/mol. The Morgan fingerprint density at radius 2 is 1.60 bits per heavy atom. The van der Waals surface area contributed by atoms with Crippen LogP contribution in [-0.4, -0.2) is 4.92 Å². The van der Waals surface area contributed by atoms with E-state index in [1.807, 2.05) is 0 Å². The maximum Gasteiger partial charge on any atom is 0.269 e. The summed E-state index contributed by atoms with van der Waals surface area (Å²) in [5.41, 5.74) is 4.66. The minimum atomic E-state index is -0.392. The Hall–Kier alpha value is -2.36. The number of hydrogen-bond acceptors (Lipinski definition) is 3. The van der Waals surface area contributed by atoms with E-state index in [-0.39, 0.29) is 11.7 Å². The van der Waals surface area contributed by atoms with E-state index in [9.17, 15) is 10.1 Å². The first kappa shape index (κ1) is 14.1. The van der Waals surface area contributed by atoms with Gasteiger partial charge in [-0.15, -0.1) is 0 Å². The fourth-order valence-corrected chi connectivity index (χ4v) is 2.27. The normalized spacial score (nSPS) is 11.9. The van der Waals surface area contributed by atoms with Gasteiger partial charge in [-0.1, -0.05) is 29.3 Å². The Labute approximate surface area is 118 Å². The van der Waals surface area contributed by atoms with Crippen LogP contribution >= 0.6 is 0 Å². The van der Waals surface area contributed by atoms with E-state index in [4.69, 9.17) is 0 Å². The van der Waals surface area contributed by atoms with Crippen LogP contribution in [0, 0.1) is 24.0 Å². The highest BCUT2D eigenvalue weighted by Crippen LogP contribution is 2.23. The van der Waals surface area contributed by atoms with Crippen LogP contribution in [-0.2, 0) is 0 Å². The molecule has 0 bridgehead atoms. The van der Waals surface area contributed by atoms with Gasteiger partial charge in [0.05, 0.1) is 4.92 Å². The Morgan fingerprint density at radius 3 is 2.10 bits per heavy atom. The molecular weight excluding hydrogens is 252 g/mol. The molecule has 1 atom stereocenters. The lowest BCUT2D eigenvalue weighted by atomic mass is 10.0. The first-order valence-electron chi connectivity index (χ1n) is 6.55. The number of hydrogen-bond donors (Lipinski definition) is 1. The zero-order valence-electron chi connectivity index (χ0n) is 11.9. The summed E-state index contributed by atoms with van der Waals surface area (Å²) < 4.78 is 0. The lowest BCUT2D eigenvalue weighted by Crippen LogP contribution is -2.07. The van der Waals surface area contributed by atoms with Crippen LogP contribution in [0.1, 0.15) is 29.7 Å². The average molecular weight is 270 g/mol. The minimum Gasteiger partial charge on any atom is -0.379 e. The molecule has 0 aliphatic heterocycles. The van der Waals surface area contributed by atoms with Crippen molar-refractivity contribution in [1.82, 2.24) is 0 Å². The number of anilines is 1. The quantitative estimate of drug-likeness (QED) is 0.662. The largest absolute Gasteiger partial charge is 0.379 e. The second-order valence-corrected chi connectivity index (χ2v) is 5.09. The molecule has 1 N–H and O–H groups in total. The average Bonchev–Trinajstić information content (AvgIpc) is 2.38. The molecule has 0 fully saturated rings. The molecule has 0 saturated carbocycles. The van der Waals surface area contributed by atoms with Crippen LogP contribution in [0.5, 0.6) is 0 Å². The smallest absolute Gasteiger partial charge is 0.269 e. The van der Waals surface area contributed by atoms with Gasteiger partial charge in [0.25, 0.3) is 5.69 Å². The molecule has 4 nitrogen and oxygen atoms in total.